The van der Waals surface area contributed by atoms with E-state index >= 15 is 0 Å². The van der Waals surface area contributed by atoms with Gasteiger partial charge in [-0.15, -0.1) is 0 Å². The SMILES string of the molecule is O=C1NCCc2c(NCCc3ncc[nH]3)nc(CCc3ccccc3)nc21. The van der Waals surface area contributed by atoms with E-state index in [0.29, 0.717) is 31.0 Å². The van der Waals surface area contributed by atoms with Gasteiger partial charge in [0.25, 0.3) is 5.91 Å². The zero-order chi connectivity index (χ0) is 18.5. The number of benzene rings is 1. The van der Waals surface area contributed by atoms with Gasteiger partial charge in [-0.2, -0.15) is 0 Å². The van der Waals surface area contributed by atoms with Gasteiger partial charge in [0.2, 0.25) is 0 Å². The van der Waals surface area contributed by atoms with E-state index in [-0.39, 0.29) is 5.91 Å². The first-order valence-corrected chi connectivity index (χ1v) is 9.23. The van der Waals surface area contributed by atoms with Crippen LogP contribution in [0.5, 0.6) is 0 Å². The van der Waals surface area contributed by atoms with Crippen molar-refractivity contribution in [3.8, 4) is 0 Å². The smallest absolute Gasteiger partial charge is 0.270 e. The highest BCUT2D eigenvalue weighted by Gasteiger charge is 2.23. The molecule has 3 N–H and O–H groups in total. The molecule has 1 aliphatic rings. The van der Waals surface area contributed by atoms with Crippen molar-refractivity contribution in [2.45, 2.75) is 25.7 Å². The number of fused-ring (bicyclic) bond motifs is 1. The molecule has 138 valence electrons. The molecule has 3 aromatic rings. The van der Waals surface area contributed by atoms with Gasteiger partial charge in [-0.25, -0.2) is 15.0 Å². The molecule has 0 spiro atoms. The van der Waals surface area contributed by atoms with Crippen LogP contribution in [0.1, 0.15) is 33.3 Å². The Balaban J connectivity index is 1.52. The minimum Gasteiger partial charge on any atom is -0.369 e. The van der Waals surface area contributed by atoms with E-state index in [1.165, 1.54) is 5.56 Å². The van der Waals surface area contributed by atoms with Crippen molar-refractivity contribution >= 4 is 11.7 Å². The maximum atomic E-state index is 12.3. The van der Waals surface area contributed by atoms with Gasteiger partial charge in [0.15, 0.2) is 0 Å². The van der Waals surface area contributed by atoms with Gasteiger partial charge in [-0.05, 0) is 18.4 Å². The molecule has 0 unspecified atom stereocenters. The molecule has 0 atom stereocenters. The normalized spacial score (nSPS) is 13.1. The number of amides is 1. The van der Waals surface area contributed by atoms with Gasteiger partial charge in [0.05, 0.1) is 0 Å². The van der Waals surface area contributed by atoms with E-state index in [0.717, 1.165) is 36.5 Å². The lowest BCUT2D eigenvalue weighted by atomic mass is 10.1. The van der Waals surface area contributed by atoms with Crippen LogP contribution in [0.2, 0.25) is 0 Å². The highest BCUT2D eigenvalue weighted by atomic mass is 16.1. The quantitative estimate of drug-likeness (QED) is 0.597. The average Bonchev–Trinajstić information content (AvgIpc) is 3.21. The van der Waals surface area contributed by atoms with E-state index in [1.54, 1.807) is 6.20 Å². The van der Waals surface area contributed by atoms with Crippen LogP contribution in [0.4, 0.5) is 5.82 Å². The summed E-state index contributed by atoms with van der Waals surface area (Å²) in [5.41, 5.74) is 2.64. The summed E-state index contributed by atoms with van der Waals surface area (Å²) in [7, 11) is 0. The maximum Gasteiger partial charge on any atom is 0.270 e. The average molecular weight is 362 g/mol. The number of rotatable bonds is 7. The van der Waals surface area contributed by atoms with Gasteiger partial charge < -0.3 is 15.6 Å². The molecular formula is C20H22N6O. The Kier molecular flexibility index (Phi) is 5.09. The number of aromatic nitrogens is 4. The van der Waals surface area contributed by atoms with Crippen molar-refractivity contribution in [2.75, 3.05) is 18.4 Å². The number of carbonyl (C=O) groups excluding carboxylic acids is 1. The number of hydrogen-bond acceptors (Lipinski definition) is 5. The third kappa shape index (κ3) is 4.13. The first kappa shape index (κ1) is 17.2. The third-order valence-electron chi connectivity index (χ3n) is 4.62. The predicted octanol–water partition coefficient (Wildman–Crippen LogP) is 1.93. The fourth-order valence-corrected chi connectivity index (χ4v) is 3.23. The highest BCUT2D eigenvalue weighted by Crippen LogP contribution is 2.21. The molecule has 1 aliphatic heterocycles. The Bertz CT molecular complexity index is 908. The summed E-state index contributed by atoms with van der Waals surface area (Å²) in [6.07, 6.45) is 6.59. The number of anilines is 1. The van der Waals surface area contributed by atoms with Crippen LogP contribution in [0.3, 0.4) is 0 Å². The minimum atomic E-state index is -0.117. The van der Waals surface area contributed by atoms with Gasteiger partial charge in [0.1, 0.15) is 23.2 Å². The number of aromatic amines is 1. The first-order valence-electron chi connectivity index (χ1n) is 9.23. The van der Waals surface area contributed by atoms with Crippen molar-refractivity contribution < 1.29 is 4.79 Å². The number of H-pyrrole nitrogens is 1. The van der Waals surface area contributed by atoms with E-state index in [2.05, 4.69) is 37.7 Å². The van der Waals surface area contributed by atoms with Crippen molar-refractivity contribution in [3.05, 3.63) is 71.2 Å². The summed E-state index contributed by atoms with van der Waals surface area (Å²) in [4.78, 5) is 28.9. The van der Waals surface area contributed by atoms with E-state index in [9.17, 15) is 4.79 Å². The van der Waals surface area contributed by atoms with Crippen molar-refractivity contribution in [2.24, 2.45) is 0 Å². The molecule has 0 bridgehead atoms. The molecule has 27 heavy (non-hydrogen) atoms. The van der Waals surface area contributed by atoms with Gasteiger partial charge >= 0.3 is 0 Å². The number of nitrogens with one attached hydrogen (secondary N) is 3. The Hall–Kier alpha value is -3.22. The summed E-state index contributed by atoms with van der Waals surface area (Å²) in [6.45, 7) is 1.31. The molecule has 0 radical (unpaired) electrons. The molecule has 1 aromatic carbocycles. The standard InChI is InChI=1S/C20H22N6O/c27-20-18-15(8-10-24-20)19(23-11-9-16-21-12-13-22-16)26-17(25-18)7-6-14-4-2-1-3-5-14/h1-5,12-13H,6-11H2,(H,21,22)(H,24,27)(H,23,25,26). The topological polar surface area (TPSA) is 95.6 Å². The van der Waals surface area contributed by atoms with Crippen molar-refractivity contribution in [1.29, 1.82) is 0 Å². The zero-order valence-electron chi connectivity index (χ0n) is 15.0. The summed E-state index contributed by atoms with van der Waals surface area (Å²) < 4.78 is 0. The van der Waals surface area contributed by atoms with E-state index in [4.69, 9.17) is 4.98 Å². The highest BCUT2D eigenvalue weighted by molar-refractivity contribution is 5.96. The number of imidazole rings is 1. The van der Waals surface area contributed by atoms with Crippen LogP contribution in [0.25, 0.3) is 0 Å². The summed E-state index contributed by atoms with van der Waals surface area (Å²) in [5.74, 6) is 2.26. The Morgan fingerprint density at radius 1 is 1.07 bits per heavy atom. The molecule has 0 aliphatic carbocycles. The lowest BCUT2D eigenvalue weighted by Crippen LogP contribution is -2.34. The van der Waals surface area contributed by atoms with E-state index < -0.39 is 0 Å². The number of hydrogen-bond donors (Lipinski definition) is 3. The molecule has 3 heterocycles. The second kappa shape index (κ2) is 7.99. The van der Waals surface area contributed by atoms with Crippen molar-refractivity contribution in [3.63, 3.8) is 0 Å². The Labute approximate surface area is 157 Å². The lowest BCUT2D eigenvalue weighted by Gasteiger charge is -2.20. The molecule has 0 saturated heterocycles. The number of nitrogens with zero attached hydrogens (tertiary/aromatic N) is 3. The summed E-state index contributed by atoms with van der Waals surface area (Å²) >= 11 is 0. The molecule has 2 aromatic heterocycles. The monoisotopic (exact) mass is 362 g/mol. The molecule has 7 nitrogen and oxygen atoms in total. The van der Waals surface area contributed by atoms with Crippen LogP contribution >= 0.6 is 0 Å². The van der Waals surface area contributed by atoms with Crippen LogP contribution in [0, 0.1) is 0 Å². The predicted molar refractivity (Wildman–Crippen MR) is 103 cm³/mol. The molecular weight excluding hydrogens is 340 g/mol. The van der Waals surface area contributed by atoms with Crippen LogP contribution in [0.15, 0.2) is 42.7 Å². The number of aryl methyl sites for hydroxylation is 2. The number of carbonyl (C=O) groups is 1. The van der Waals surface area contributed by atoms with Crippen LogP contribution in [-0.4, -0.2) is 38.9 Å². The molecule has 7 heteroatoms. The Morgan fingerprint density at radius 3 is 2.78 bits per heavy atom. The molecule has 4 rings (SSSR count). The Morgan fingerprint density at radius 2 is 1.96 bits per heavy atom. The van der Waals surface area contributed by atoms with Crippen molar-refractivity contribution in [1.82, 2.24) is 25.3 Å². The van der Waals surface area contributed by atoms with Gasteiger partial charge in [-0.1, -0.05) is 30.3 Å². The van der Waals surface area contributed by atoms with Gasteiger partial charge in [-0.3, -0.25) is 4.79 Å². The molecule has 1 amide bonds. The second-order valence-corrected chi connectivity index (χ2v) is 6.52. The fourth-order valence-electron chi connectivity index (χ4n) is 3.23. The largest absolute Gasteiger partial charge is 0.369 e. The van der Waals surface area contributed by atoms with E-state index in [1.807, 2.05) is 24.4 Å². The second-order valence-electron chi connectivity index (χ2n) is 6.52. The lowest BCUT2D eigenvalue weighted by molar-refractivity contribution is 0.0940. The maximum absolute atomic E-state index is 12.3. The molecule has 0 saturated carbocycles. The van der Waals surface area contributed by atoms with Crippen LogP contribution < -0.4 is 10.6 Å². The first-order chi connectivity index (χ1) is 13.3. The van der Waals surface area contributed by atoms with Gasteiger partial charge in [0, 0.05) is 43.9 Å². The van der Waals surface area contributed by atoms with Crippen LogP contribution in [-0.2, 0) is 25.7 Å². The minimum absolute atomic E-state index is 0.117. The third-order valence-corrected chi connectivity index (χ3v) is 4.62. The fraction of sp³-hybridized carbons (Fsp3) is 0.300. The zero-order valence-corrected chi connectivity index (χ0v) is 15.0. The summed E-state index contributed by atoms with van der Waals surface area (Å²) in [5, 5.41) is 6.25. The molecule has 0 fully saturated rings. The summed E-state index contributed by atoms with van der Waals surface area (Å²) in [6, 6.07) is 10.2.